The molecule has 0 atom stereocenters. The first-order chi connectivity index (χ1) is 13.7. The molecule has 29 heavy (non-hydrogen) atoms. The minimum absolute atomic E-state index is 0. The van der Waals surface area contributed by atoms with Crippen LogP contribution < -0.4 is 20.1 Å². The van der Waals surface area contributed by atoms with Crippen molar-refractivity contribution in [3.8, 4) is 11.5 Å². The summed E-state index contributed by atoms with van der Waals surface area (Å²) in [7, 11) is 5.10. The highest BCUT2D eigenvalue weighted by Crippen LogP contribution is 2.41. The van der Waals surface area contributed by atoms with Crippen LogP contribution in [0.15, 0.2) is 23.2 Å². The van der Waals surface area contributed by atoms with Gasteiger partial charge in [0.2, 0.25) is 0 Å². The fourth-order valence-electron chi connectivity index (χ4n) is 3.88. The number of nitrogens with one attached hydrogen (secondary N) is 2. The Hall–Kier alpha value is -1.22. The molecule has 0 heterocycles. The van der Waals surface area contributed by atoms with Crippen molar-refractivity contribution in [2.75, 3.05) is 47.6 Å². The van der Waals surface area contributed by atoms with Crippen molar-refractivity contribution in [3.05, 3.63) is 23.8 Å². The molecule has 0 saturated heterocycles. The SMILES string of the molecule is CCNC(=NCC1(CCOC)CCCC1)NCCc1ccc(OC)c(OC)c1.I. The van der Waals surface area contributed by atoms with Crippen LogP contribution in [0.1, 0.15) is 44.6 Å². The molecule has 1 aromatic rings. The fraction of sp³-hybridized carbons (Fsp3) is 0.682. The predicted octanol–water partition coefficient (Wildman–Crippen LogP) is 4.02. The van der Waals surface area contributed by atoms with E-state index in [1.807, 2.05) is 12.1 Å². The van der Waals surface area contributed by atoms with Crippen molar-refractivity contribution < 1.29 is 14.2 Å². The molecule has 2 N–H and O–H groups in total. The first kappa shape index (κ1) is 25.8. The lowest BCUT2D eigenvalue weighted by atomic mass is 9.83. The summed E-state index contributed by atoms with van der Waals surface area (Å²) < 4.78 is 16.0. The van der Waals surface area contributed by atoms with Crippen LogP contribution in [0, 0.1) is 5.41 Å². The Balaban J connectivity index is 0.00000420. The molecule has 166 valence electrons. The predicted molar refractivity (Wildman–Crippen MR) is 130 cm³/mol. The van der Waals surface area contributed by atoms with Crippen LogP contribution in [-0.4, -0.2) is 53.5 Å². The second-order valence-electron chi connectivity index (χ2n) is 7.51. The summed E-state index contributed by atoms with van der Waals surface area (Å²) in [6.07, 6.45) is 7.11. The minimum atomic E-state index is 0. The van der Waals surface area contributed by atoms with Crippen molar-refractivity contribution in [2.45, 2.75) is 45.4 Å². The van der Waals surface area contributed by atoms with Crippen LogP contribution in [0.4, 0.5) is 0 Å². The average Bonchev–Trinajstić information content (AvgIpc) is 3.19. The lowest BCUT2D eigenvalue weighted by Gasteiger charge is -2.27. The van der Waals surface area contributed by atoms with Gasteiger partial charge in [0.05, 0.1) is 14.2 Å². The first-order valence-electron chi connectivity index (χ1n) is 10.4. The van der Waals surface area contributed by atoms with E-state index >= 15 is 0 Å². The Morgan fingerprint density at radius 1 is 1.07 bits per heavy atom. The van der Waals surface area contributed by atoms with Gasteiger partial charge in [-0.2, -0.15) is 0 Å². The van der Waals surface area contributed by atoms with Crippen LogP contribution in [-0.2, 0) is 11.2 Å². The molecule has 0 amide bonds. The van der Waals surface area contributed by atoms with E-state index in [-0.39, 0.29) is 24.0 Å². The van der Waals surface area contributed by atoms with Gasteiger partial charge in [0, 0.05) is 33.4 Å². The molecule has 1 saturated carbocycles. The van der Waals surface area contributed by atoms with Crippen LogP contribution in [0.5, 0.6) is 11.5 Å². The maximum Gasteiger partial charge on any atom is 0.191 e. The maximum absolute atomic E-state index is 5.39. The molecule has 0 aromatic heterocycles. The highest BCUT2D eigenvalue weighted by atomic mass is 127. The second-order valence-corrected chi connectivity index (χ2v) is 7.51. The largest absolute Gasteiger partial charge is 0.493 e. The van der Waals surface area contributed by atoms with E-state index in [0.29, 0.717) is 5.41 Å². The number of ether oxygens (including phenoxy) is 3. The van der Waals surface area contributed by atoms with E-state index in [9.17, 15) is 0 Å². The van der Waals surface area contributed by atoms with E-state index < -0.39 is 0 Å². The number of methoxy groups -OCH3 is 3. The van der Waals surface area contributed by atoms with Gasteiger partial charge in [-0.1, -0.05) is 18.9 Å². The number of guanidine groups is 1. The van der Waals surface area contributed by atoms with Gasteiger partial charge in [0.15, 0.2) is 17.5 Å². The lowest BCUT2D eigenvalue weighted by molar-refractivity contribution is 0.141. The molecule has 0 unspecified atom stereocenters. The summed E-state index contributed by atoms with van der Waals surface area (Å²) >= 11 is 0. The van der Waals surface area contributed by atoms with E-state index in [4.69, 9.17) is 19.2 Å². The fourth-order valence-corrected chi connectivity index (χ4v) is 3.88. The van der Waals surface area contributed by atoms with Crippen molar-refractivity contribution in [2.24, 2.45) is 10.4 Å². The summed E-state index contributed by atoms with van der Waals surface area (Å²) in [6.45, 7) is 5.45. The Morgan fingerprint density at radius 2 is 1.79 bits per heavy atom. The monoisotopic (exact) mass is 519 g/mol. The van der Waals surface area contributed by atoms with Gasteiger partial charge in [0.25, 0.3) is 0 Å². The molecule has 6 nitrogen and oxygen atoms in total. The number of hydrogen-bond acceptors (Lipinski definition) is 4. The van der Waals surface area contributed by atoms with Crippen molar-refractivity contribution >= 4 is 29.9 Å². The Labute approximate surface area is 193 Å². The molecular formula is C22H38IN3O3. The van der Waals surface area contributed by atoms with E-state index in [0.717, 1.165) is 56.5 Å². The summed E-state index contributed by atoms with van der Waals surface area (Å²) in [5, 5.41) is 6.84. The zero-order chi connectivity index (χ0) is 20.2. The van der Waals surface area contributed by atoms with E-state index in [1.165, 1.54) is 31.2 Å². The molecule has 0 radical (unpaired) electrons. The molecule has 1 aliphatic rings. The quantitative estimate of drug-likeness (QED) is 0.263. The summed E-state index contributed by atoms with van der Waals surface area (Å²) in [6, 6.07) is 6.06. The van der Waals surface area contributed by atoms with Gasteiger partial charge in [-0.05, 0) is 55.7 Å². The molecule has 7 heteroatoms. The first-order valence-corrected chi connectivity index (χ1v) is 10.4. The summed E-state index contributed by atoms with van der Waals surface area (Å²) in [5.41, 5.74) is 1.51. The number of benzene rings is 1. The minimum Gasteiger partial charge on any atom is -0.493 e. The average molecular weight is 519 g/mol. The zero-order valence-corrected chi connectivity index (χ0v) is 20.7. The topological polar surface area (TPSA) is 64.1 Å². The van der Waals surface area contributed by atoms with E-state index in [2.05, 4.69) is 23.6 Å². The third kappa shape index (κ3) is 8.20. The number of rotatable bonds is 11. The van der Waals surface area contributed by atoms with Crippen LogP contribution in [0.3, 0.4) is 0 Å². The van der Waals surface area contributed by atoms with Gasteiger partial charge in [-0.15, -0.1) is 24.0 Å². The summed E-state index contributed by atoms with van der Waals surface area (Å²) in [4.78, 5) is 4.91. The highest BCUT2D eigenvalue weighted by Gasteiger charge is 2.33. The molecule has 1 aromatic carbocycles. The van der Waals surface area contributed by atoms with Crippen LogP contribution in [0.25, 0.3) is 0 Å². The Kier molecular flexibility index (Phi) is 12.4. The second kappa shape index (κ2) is 13.9. The molecular weight excluding hydrogens is 481 g/mol. The van der Waals surface area contributed by atoms with Gasteiger partial charge in [0.1, 0.15) is 0 Å². The van der Waals surface area contributed by atoms with E-state index in [1.54, 1.807) is 21.3 Å². The molecule has 0 spiro atoms. The number of hydrogen-bond donors (Lipinski definition) is 2. The smallest absolute Gasteiger partial charge is 0.191 e. The molecule has 0 aliphatic heterocycles. The normalized spacial score (nSPS) is 15.5. The number of halogens is 1. The Morgan fingerprint density at radius 3 is 2.41 bits per heavy atom. The van der Waals surface area contributed by atoms with Crippen LogP contribution in [0.2, 0.25) is 0 Å². The Bertz CT molecular complexity index is 619. The van der Waals surface area contributed by atoms with Crippen molar-refractivity contribution in [1.29, 1.82) is 0 Å². The summed E-state index contributed by atoms with van der Waals surface area (Å²) in [5.74, 6) is 2.42. The van der Waals surface area contributed by atoms with Gasteiger partial charge in [-0.25, -0.2) is 0 Å². The van der Waals surface area contributed by atoms with Gasteiger partial charge in [-0.3, -0.25) is 4.99 Å². The standard InChI is InChI=1S/C22H37N3O3.HI/c1-5-23-21(25-17-22(13-15-26-2)11-6-7-12-22)24-14-10-18-8-9-19(27-3)20(16-18)28-4;/h8-9,16H,5-7,10-15,17H2,1-4H3,(H2,23,24,25);1H. The number of nitrogens with zero attached hydrogens (tertiary/aromatic N) is 1. The molecule has 2 rings (SSSR count). The third-order valence-electron chi connectivity index (χ3n) is 5.57. The molecule has 1 aliphatic carbocycles. The van der Waals surface area contributed by atoms with Gasteiger partial charge < -0.3 is 24.8 Å². The molecule has 1 fully saturated rings. The maximum atomic E-state index is 5.39. The van der Waals surface area contributed by atoms with Crippen molar-refractivity contribution in [1.82, 2.24) is 10.6 Å². The highest BCUT2D eigenvalue weighted by molar-refractivity contribution is 14.0. The number of aliphatic imine (C=N–C) groups is 1. The van der Waals surface area contributed by atoms with Gasteiger partial charge >= 0.3 is 0 Å². The lowest BCUT2D eigenvalue weighted by Crippen LogP contribution is -2.39. The van der Waals surface area contributed by atoms with Crippen LogP contribution >= 0.6 is 24.0 Å². The molecule has 0 bridgehead atoms. The van der Waals surface area contributed by atoms with Crippen molar-refractivity contribution in [3.63, 3.8) is 0 Å². The third-order valence-corrected chi connectivity index (χ3v) is 5.57. The zero-order valence-electron chi connectivity index (χ0n) is 18.4.